The number of carboxylic acid groups (broad SMARTS) is 1. The lowest BCUT2D eigenvalue weighted by Gasteiger charge is -2.32. The van der Waals surface area contributed by atoms with E-state index >= 15 is 0 Å². The number of benzene rings is 2. The van der Waals surface area contributed by atoms with E-state index in [0.717, 1.165) is 22.0 Å². The van der Waals surface area contributed by atoms with Crippen molar-refractivity contribution in [1.82, 2.24) is 5.32 Å². The van der Waals surface area contributed by atoms with E-state index in [2.05, 4.69) is 41.8 Å². The minimum absolute atomic E-state index is 0.524. The molecule has 0 aromatic heterocycles. The van der Waals surface area contributed by atoms with Gasteiger partial charge in [0.15, 0.2) is 5.72 Å². The number of hydrogen-bond donors (Lipinski definition) is 3. The van der Waals surface area contributed by atoms with Gasteiger partial charge >= 0.3 is 6.09 Å². The predicted molar refractivity (Wildman–Crippen MR) is 103 cm³/mol. The highest BCUT2D eigenvalue weighted by Gasteiger charge is 2.36. The first-order valence-corrected chi connectivity index (χ1v) is 8.99. The number of aryl methyl sites for hydroxylation is 1. The van der Waals surface area contributed by atoms with Crippen molar-refractivity contribution < 1.29 is 15.0 Å². The summed E-state index contributed by atoms with van der Waals surface area (Å²) in [6, 6.07) is 14.7. The van der Waals surface area contributed by atoms with Crippen LogP contribution in [0.15, 0.2) is 48.5 Å². The Kier molecular flexibility index (Phi) is 6.23. The van der Waals surface area contributed by atoms with Crippen LogP contribution in [0.1, 0.15) is 37.0 Å². The van der Waals surface area contributed by atoms with Crippen LogP contribution in [0, 0.1) is 9.49 Å². The monoisotopic (exact) mass is 439 g/mol. The van der Waals surface area contributed by atoms with E-state index < -0.39 is 11.8 Å². The van der Waals surface area contributed by atoms with Gasteiger partial charge in [-0.1, -0.05) is 56.3 Å². The Bertz CT molecular complexity index is 717. The number of amides is 1. The first-order chi connectivity index (χ1) is 11.3. The number of rotatable bonds is 6. The molecule has 2 aromatic rings. The van der Waals surface area contributed by atoms with Crippen molar-refractivity contribution in [3.05, 3.63) is 68.8 Å². The molecular formula is C19H22INO3. The van der Waals surface area contributed by atoms with Crippen LogP contribution in [0.3, 0.4) is 0 Å². The van der Waals surface area contributed by atoms with Gasteiger partial charge in [-0.25, -0.2) is 4.79 Å². The van der Waals surface area contributed by atoms with Crippen LogP contribution in [0.5, 0.6) is 0 Å². The van der Waals surface area contributed by atoms with Crippen molar-refractivity contribution in [1.29, 1.82) is 0 Å². The van der Waals surface area contributed by atoms with Gasteiger partial charge in [0.05, 0.1) is 0 Å². The van der Waals surface area contributed by atoms with Gasteiger partial charge in [-0.3, -0.25) is 5.32 Å². The highest BCUT2D eigenvalue weighted by Crippen LogP contribution is 2.33. The Hall–Kier alpha value is -1.60. The van der Waals surface area contributed by atoms with Gasteiger partial charge in [0.25, 0.3) is 0 Å². The molecule has 0 saturated carbocycles. The fourth-order valence-corrected chi connectivity index (χ4v) is 3.50. The fourth-order valence-electron chi connectivity index (χ4n) is 2.72. The van der Waals surface area contributed by atoms with Crippen LogP contribution in [-0.4, -0.2) is 16.3 Å². The molecule has 3 N–H and O–H groups in total. The van der Waals surface area contributed by atoms with Gasteiger partial charge < -0.3 is 10.2 Å². The average molecular weight is 439 g/mol. The zero-order valence-corrected chi connectivity index (χ0v) is 15.9. The molecular weight excluding hydrogens is 417 g/mol. The Morgan fingerprint density at radius 2 is 1.71 bits per heavy atom. The highest BCUT2D eigenvalue weighted by atomic mass is 127. The standard InChI is InChI=1S/C19H22INO3/c1-13(2)11-12-14-7-3-4-8-15(14)19(24,21-18(22)23)16-9-5-6-10-17(16)20/h3-10,13,21,24H,11-12H2,1-2H3,(H,22,23). The molecule has 2 rings (SSSR count). The van der Waals surface area contributed by atoms with Crippen LogP contribution in [0.25, 0.3) is 0 Å². The zero-order chi connectivity index (χ0) is 17.7. The van der Waals surface area contributed by atoms with Crippen molar-refractivity contribution in [3.8, 4) is 0 Å². The van der Waals surface area contributed by atoms with Crippen LogP contribution in [-0.2, 0) is 12.1 Å². The van der Waals surface area contributed by atoms with Gasteiger partial charge in [0, 0.05) is 14.7 Å². The molecule has 1 unspecified atom stereocenters. The summed E-state index contributed by atoms with van der Waals surface area (Å²) in [6.45, 7) is 4.29. The van der Waals surface area contributed by atoms with Crippen LogP contribution in [0.4, 0.5) is 4.79 Å². The Labute approximate surface area is 156 Å². The average Bonchev–Trinajstić information content (AvgIpc) is 2.52. The summed E-state index contributed by atoms with van der Waals surface area (Å²) < 4.78 is 0.796. The molecule has 0 spiro atoms. The van der Waals surface area contributed by atoms with Crippen molar-refractivity contribution >= 4 is 28.7 Å². The van der Waals surface area contributed by atoms with Gasteiger partial charge in [0.1, 0.15) is 0 Å². The lowest BCUT2D eigenvalue weighted by Crippen LogP contribution is -2.47. The maximum atomic E-state index is 11.4. The predicted octanol–water partition coefficient (Wildman–Crippen LogP) is 4.34. The summed E-state index contributed by atoms with van der Waals surface area (Å²) in [7, 11) is 0. The molecule has 1 amide bonds. The Morgan fingerprint density at radius 1 is 1.12 bits per heavy atom. The summed E-state index contributed by atoms with van der Waals surface area (Å²) in [5.41, 5.74) is 0.279. The quantitative estimate of drug-likeness (QED) is 0.464. The lowest BCUT2D eigenvalue weighted by atomic mass is 9.88. The maximum Gasteiger partial charge on any atom is 0.407 e. The van der Waals surface area contributed by atoms with Gasteiger partial charge in [0.2, 0.25) is 0 Å². The number of halogens is 1. The molecule has 0 aliphatic heterocycles. The molecule has 1 atom stereocenters. The SMILES string of the molecule is CC(C)CCc1ccccc1C(O)(NC(=O)O)c1ccccc1I. The van der Waals surface area contributed by atoms with Crippen LogP contribution >= 0.6 is 22.6 Å². The summed E-state index contributed by atoms with van der Waals surface area (Å²) in [5, 5.41) is 23.0. The minimum Gasteiger partial charge on any atom is -0.465 e. The van der Waals surface area contributed by atoms with Gasteiger partial charge in [-0.15, -0.1) is 0 Å². The van der Waals surface area contributed by atoms with Crippen LogP contribution in [0.2, 0.25) is 0 Å². The van der Waals surface area contributed by atoms with Crippen LogP contribution < -0.4 is 5.32 Å². The van der Waals surface area contributed by atoms with E-state index in [0.29, 0.717) is 17.0 Å². The summed E-state index contributed by atoms with van der Waals surface area (Å²) in [4.78, 5) is 11.4. The second kappa shape index (κ2) is 7.98. The van der Waals surface area contributed by atoms with Crippen molar-refractivity contribution in [3.63, 3.8) is 0 Å². The zero-order valence-electron chi connectivity index (χ0n) is 13.8. The van der Waals surface area contributed by atoms with Crippen molar-refractivity contribution in [2.45, 2.75) is 32.4 Å². The molecule has 0 fully saturated rings. The second-order valence-corrected chi connectivity index (χ2v) is 7.37. The molecule has 5 heteroatoms. The normalized spacial score (nSPS) is 13.5. The Balaban J connectivity index is 2.57. The second-order valence-electron chi connectivity index (χ2n) is 6.21. The fraction of sp³-hybridized carbons (Fsp3) is 0.316. The molecule has 0 aliphatic carbocycles. The molecule has 0 radical (unpaired) electrons. The lowest BCUT2D eigenvalue weighted by molar-refractivity contribution is 0.0426. The Morgan fingerprint density at radius 3 is 2.29 bits per heavy atom. The van der Waals surface area contributed by atoms with Crippen molar-refractivity contribution in [2.75, 3.05) is 0 Å². The van der Waals surface area contributed by atoms with E-state index in [-0.39, 0.29) is 0 Å². The highest BCUT2D eigenvalue weighted by molar-refractivity contribution is 14.1. The number of hydrogen-bond acceptors (Lipinski definition) is 2. The molecule has 24 heavy (non-hydrogen) atoms. The minimum atomic E-state index is -1.78. The number of carbonyl (C=O) groups is 1. The van der Waals surface area contributed by atoms with E-state index in [1.807, 2.05) is 30.3 Å². The number of aliphatic hydroxyl groups is 1. The van der Waals surface area contributed by atoms with Gasteiger partial charge in [-0.05, 0) is 53.0 Å². The van der Waals surface area contributed by atoms with Crippen molar-refractivity contribution in [2.24, 2.45) is 5.92 Å². The van der Waals surface area contributed by atoms with E-state index in [4.69, 9.17) is 0 Å². The smallest absolute Gasteiger partial charge is 0.407 e. The van der Waals surface area contributed by atoms with E-state index in [1.54, 1.807) is 18.2 Å². The molecule has 2 aromatic carbocycles. The number of nitrogens with one attached hydrogen (secondary N) is 1. The third kappa shape index (κ3) is 4.27. The maximum absolute atomic E-state index is 11.4. The summed E-state index contributed by atoms with van der Waals surface area (Å²) in [5.74, 6) is 0.524. The van der Waals surface area contributed by atoms with E-state index in [1.165, 1.54) is 0 Å². The summed E-state index contributed by atoms with van der Waals surface area (Å²) >= 11 is 2.11. The molecule has 0 bridgehead atoms. The molecule has 4 nitrogen and oxygen atoms in total. The van der Waals surface area contributed by atoms with E-state index in [9.17, 15) is 15.0 Å². The molecule has 0 saturated heterocycles. The molecule has 128 valence electrons. The largest absolute Gasteiger partial charge is 0.465 e. The molecule has 0 heterocycles. The first-order valence-electron chi connectivity index (χ1n) is 7.91. The third-order valence-corrected chi connectivity index (χ3v) is 4.89. The van der Waals surface area contributed by atoms with Gasteiger partial charge in [-0.2, -0.15) is 0 Å². The summed E-state index contributed by atoms with van der Waals surface area (Å²) in [6.07, 6.45) is 0.475. The first kappa shape index (κ1) is 18.7. The molecule has 0 aliphatic rings. The topological polar surface area (TPSA) is 69.6 Å². The third-order valence-electron chi connectivity index (χ3n) is 3.95.